The molecule has 1 fully saturated rings. The minimum absolute atomic E-state index is 0.0573. The average molecular weight is 313 g/mol. The summed E-state index contributed by atoms with van der Waals surface area (Å²) >= 11 is 0. The molecule has 3 heteroatoms. The Labute approximate surface area is 133 Å². The van der Waals surface area contributed by atoms with Crippen LogP contribution in [0.4, 0.5) is 0 Å². The lowest BCUT2D eigenvalue weighted by Crippen LogP contribution is -2.24. The molecule has 1 unspecified atom stereocenters. The van der Waals surface area contributed by atoms with Crippen LogP contribution >= 0.6 is 0 Å². The largest absolute Gasteiger partial charge is 0.353 e. The first-order chi connectivity index (χ1) is 9.79. The standard InChI is InChI=1S/C18H36O2Si/c1-18(2,12-8-6-10-16-21(3,4)5)13-15-20-17-11-7-9-14-19-17/h6,8,17H,7,9-16H2,1-5H3/b8-6-. The van der Waals surface area contributed by atoms with Gasteiger partial charge < -0.3 is 9.47 Å². The van der Waals surface area contributed by atoms with Gasteiger partial charge in [-0.3, -0.25) is 0 Å². The minimum Gasteiger partial charge on any atom is -0.353 e. The van der Waals surface area contributed by atoms with Crippen molar-refractivity contribution in [2.45, 2.75) is 84.3 Å². The number of hydrogen-bond donors (Lipinski definition) is 0. The van der Waals surface area contributed by atoms with Gasteiger partial charge in [-0.25, -0.2) is 0 Å². The van der Waals surface area contributed by atoms with Crippen molar-refractivity contribution in [3.8, 4) is 0 Å². The number of allylic oxidation sites excluding steroid dienone is 2. The van der Waals surface area contributed by atoms with Gasteiger partial charge in [0.2, 0.25) is 0 Å². The van der Waals surface area contributed by atoms with Crippen molar-refractivity contribution in [2.24, 2.45) is 5.41 Å². The van der Waals surface area contributed by atoms with Crippen molar-refractivity contribution in [1.82, 2.24) is 0 Å². The summed E-state index contributed by atoms with van der Waals surface area (Å²) in [6.45, 7) is 13.7. The van der Waals surface area contributed by atoms with Gasteiger partial charge in [0, 0.05) is 14.7 Å². The molecule has 0 N–H and O–H groups in total. The minimum atomic E-state index is -0.879. The molecular weight excluding hydrogens is 276 g/mol. The fourth-order valence-corrected chi connectivity index (χ4v) is 3.48. The lowest BCUT2D eigenvalue weighted by molar-refractivity contribution is -0.165. The van der Waals surface area contributed by atoms with Crippen molar-refractivity contribution in [1.29, 1.82) is 0 Å². The van der Waals surface area contributed by atoms with Gasteiger partial charge in [-0.05, 0) is 43.9 Å². The molecule has 1 rings (SSSR count). The summed E-state index contributed by atoms with van der Waals surface area (Å²) in [6, 6.07) is 1.39. The Morgan fingerprint density at radius 1 is 1.19 bits per heavy atom. The van der Waals surface area contributed by atoms with E-state index in [1.54, 1.807) is 0 Å². The van der Waals surface area contributed by atoms with E-state index in [1.165, 1.54) is 25.3 Å². The number of ether oxygens (including phenoxy) is 2. The topological polar surface area (TPSA) is 18.5 Å². The van der Waals surface area contributed by atoms with E-state index in [2.05, 4.69) is 45.6 Å². The first kappa shape index (κ1) is 18.9. The molecule has 0 aromatic carbocycles. The Morgan fingerprint density at radius 3 is 2.57 bits per heavy atom. The highest BCUT2D eigenvalue weighted by atomic mass is 28.3. The van der Waals surface area contributed by atoms with E-state index in [1.807, 2.05) is 0 Å². The maximum Gasteiger partial charge on any atom is 0.157 e. The fourth-order valence-electron chi connectivity index (χ4n) is 2.45. The normalized spacial score (nSPS) is 21.1. The van der Waals surface area contributed by atoms with E-state index in [0.717, 1.165) is 32.5 Å². The second-order valence-electron chi connectivity index (χ2n) is 8.36. The summed E-state index contributed by atoms with van der Waals surface area (Å²) in [5.74, 6) is 0. The zero-order valence-corrected chi connectivity index (χ0v) is 15.9. The summed E-state index contributed by atoms with van der Waals surface area (Å²) in [5, 5.41) is 0. The molecule has 21 heavy (non-hydrogen) atoms. The van der Waals surface area contributed by atoms with Crippen LogP contribution in [0, 0.1) is 5.41 Å². The Balaban J connectivity index is 2.12. The van der Waals surface area contributed by atoms with E-state index < -0.39 is 8.07 Å². The smallest absolute Gasteiger partial charge is 0.157 e. The molecule has 124 valence electrons. The van der Waals surface area contributed by atoms with Crippen molar-refractivity contribution >= 4 is 8.07 Å². The lowest BCUT2D eigenvalue weighted by Gasteiger charge is -2.26. The Kier molecular flexibility index (Phi) is 8.21. The van der Waals surface area contributed by atoms with E-state index in [-0.39, 0.29) is 6.29 Å². The zero-order valence-electron chi connectivity index (χ0n) is 14.9. The van der Waals surface area contributed by atoms with Gasteiger partial charge >= 0.3 is 0 Å². The van der Waals surface area contributed by atoms with Crippen molar-refractivity contribution in [2.75, 3.05) is 13.2 Å². The third-order valence-electron chi connectivity index (χ3n) is 4.12. The van der Waals surface area contributed by atoms with Crippen molar-refractivity contribution in [3.05, 3.63) is 12.2 Å². The average Bonchev–Trinajstić information content (AvgIpc) is 2.38. The molecule has 0 aliphatic carbocycles. The highest BCUT2D eigenvalue weighted by Gasteiger charge is 2.19. The van der Waals surface area contributed by atoms with Crippen LogP contribution in [0.1, 0.15) is 52.4 Å². The van der Waals surface area contributed by atoms with Crippen molar-refractivity contribution in [3.63, 3.8) is 0 Å². The predicted molar refractivity (Wildman–Crippen MR) is 94.5 cm³/mol. The van der Waals surface area contributed by atoms with Crippen LogP contribution in [0.25, 0.3) is 0 Å². The second kappa shape index (κ2) is 9.11. The van der Waals surface area contributed by atoms with E-state index >= 15 is 0 Å². The van der Waals surface area contributed by atoms with Crippen LogP contribution in [0.5, 0.6) is 0 Å². The van der Waals surface area contributed by atoms with Gasteiger partial charge in [0.1, 0.15) is 0 Å². The van der Waals surface area contributed by atoms with Crippen LogP contribution < -0.4 is 0 Å². The molecule has 0 amide bonds. The van der Waals surface area contributed by atoms with Gasteiger partial charge in [0.15, 0.2) is 6.29 Å². The molecule has 1 heterocycles. The summed E-state index contributed by atoms with van der Waals surface area (Å²) < 4.78 is 11.5. The molecule has 1 atom stereocenters. The fraction of sp³-hybridized carbons (Fsp3) is 0.889. The van der Waals surface area contributed by atoms with E-state index in [4.69, 9.17) is 9.47 Å². The monoisotopic (exact) mass is 312 g/mol. The molecule has 1 aliphatic heterocycles. The maximum atomic E-state index is 5.85. The number of rotatable bonds is 9. The quantitative estimate of drug-likeness (QED) is 0.406. The predicted octanol–water partition coefficient (Wildman–Crippen LogP) is 5.62. The van der Waals surface area contributed by atoms with E-state index in [0.29, 0.717) is 5.41 Å². The molecule has 1 aliphatic rings. The summed E-state index contributed by atoms with van der Waals surface area (Å²) in [6.07, 6.45) is 11.8. The summed E-state index contributed by atoms with van der Waals surface area (Å²) in [4.78, 5) is 0. The number of hydrogen-bond acceptors (Lipinski definition) is 2. The summed E-state index contributed by atoms with van der Waals surface area (Å²) in [5.41, 5.74) is 0.324. The van der Waals surface area contributed by atoms with E-state index in [9.17, 15) is 0 Å². The zero-order chi connectivity index (χ0) is 15.8. The Bertz CT molecular complexity index is 299. The highest BCUT2D eigenvalue weighted by molar-refractivity contribution is 6.76. The molecule has 1 saturated heterocycles. The molecule has 0 bridgehead atoms. The van der Waals surface area contributed by atoms with Gasteiger partial charge in [-0.1, -0.05) is 51.7 Å². The van der Waals surface area contributed by atoms with Crippen LogP contribution in [0.15, 0.2) is 12.2 Å². The third kappa shape index (κ3) is 10.3. The molecule has 0 saturated carbocycles. The van der Waals surface area contributed by atoms with Crippen LogP contribution in [-0.4, -0.2) is 27.6 Å². The van der Waals surface area contributed by atoms with Crippen molar-refractivity contribution < 1.29 is 9.47 Å². The van der Waals surface area contributed by atoms with Crippen LogP contribution in [0.3, 0.4) is 0 Å². The summed E-state index contributed by atoms with van der Waals surface area (Å²) in [7, 11) is -0.879. The second-order valence-corrected chi connectivity index (χ2v) is 14.0. The van der Waals surface area contributed by atoms with Gasteiger partial charge in [0.25, 0.3) is 0 Å². The molecular formula is C18H36O2Si. The molecule has 0 aromatic rings. The maximum absolute atomic E-state index is 5.85. The lowest BCUT2D eigenvalue weighted by atomic mass is 9.86. The molecule has 0 radical (unpaired) electrons. The van der Waals surface area contributed by atoms with Gasteiger partial charge in [-0.15, -0.1) is 0 Å². The Morgan fingerprint density at radius 2 is 1.95 bits per heavy atom. The molecule has 2 nitrogen and oxygen atoms in total. The molecule has 0 aromatic heterocycles. The van der Waals surface area contributed by atoms with Crippen LogP contribution in [0.2, 0.25) is 25.7 Å². The molecule has 0 spiro atoms. The SMILES string of the molecule is CC(C)(C/C=C\CC[Si](C)(C)C)CCOC1CCCCO1. The Hall–Kier alpha value is -0.123. The highest BCUT2D eigenvalue weighted by Crippen LogP contribution is 2.26. The first-order valence-electron chi connectivity index (χ1n) is 8.67. The third-order valence-corrected chi connectivity index (χ3v) is 5.91. The first-order valence-corrected chi connectivity index (χ1v) is 12.4. The van der Waals surface area contributed by atoms with Crippen LogP contribution in [-0.2, 0) is 9.47 Å². The van der Waals surface area contributed by atoms with Gasteiger partial charge in [0.05, 0.1) is 6.61 Å². The van der Waals surface area contributed by atoms with Gasteiger partial charge in [-0.2, -0.15) is 0 Å².